The quantitative estimate of drug-likeness (QED) is 0.533. The van der Waals surface area contributed by atoms with Crippen molar-refractivity contribution in [2.75, 3.05) is 27.2 Å². The van der Waals surface area contributed by atoms with E-state index in [1.807, 2.05) is 0 Å². The van der Waals surface area contributed by atoms with Gasteiger partial charge < -0.3 is 20.3 Å². The molecule has 1 aromatic carbocycles. The molecule has 8 heteroatoms. The molecule has 0 aliphatic carbocycles. The van der Waals surface area contributed by atoms with E-state index in [9.17, 15) is 19.2 Å². The number of esters is 1. The van der Waals surface area contributed by atoms with Gasteiger partial charge in [0.25, 0.3) is 0 Å². The number of carbonyl (C=O) groups excluding carboxylic acids is 4. The molecule has 2 amide bonds. The van der Waals surface area contributed by atoms with Gasteiger partial charge in [0.1, 0.15) is 0 Å². The molecule has 0 aromatic heterocycles. The number of hydrogen-bond acceptors (Lipinski definition) is 6. The molecular weight excluding hydrogens is 374 g/mol. The molecule has 0 heterocycles. The molecule has 0 radical (unpaired) electrons. The summed E-state index contributed by atoms with van der Waals surface area (Å²) in [5.41, 5.74) is 0.336. The lowest BCUT2D eigenvalue weighted by Crippen LogP contribution is -2.53. The van der Waals surface area contributed by atoms with Crippen LogP contribution in [0.1, 0.15) is 37.6 Å². The summed E-state index contributed by atoms with van der Waals surface area (Å²) in [6, 6.07) is 7.19. The SMILES string of the molecule is CNCC(=O)N(C(C)C)C(C[C@H](C)C(=O)NC)C(=O)COC(=O)c1ccccc1. The van der Waals surface area contributed by atoms with Crippen molar-refractivity contribution < 1.29 is 23.9 Å². The Morgan fingerprint density at radius 3 is 2.17 bits per heavy atom. The number of ketones is 1. The predicted octanol–water partition coefficient (Wildman–Crippen LogP) is 1.01. The van der Waals surface area contributed by atoms with Crippen LogP contribution in [0.2, 0.25) is 0 Å². The summed E-state index contributed by atoms with van der Waals surface area (Å²) in [6.07, 6.45) is 0.134. The van der Waals surface area contributed by atoms with Crippen LogP contribution in [-0.2, 0) is 19.1 Å². The van der Waals surface area contributed by atoms with E-state index in [1.54, 1.807) is 58.2 Å². The molecule has 0 fully saturated rings. The Hall–Kier alpha value is -2.74. The van der Waals surface area contributed by atoms with Gasteiger partial charge in [0, 0.05) is 19.0 Å². The zero-order chi connectivity index (χ0) is 22.0. The standard InChI is InChI=1S/C21H31N3O5/c1-14(2)24(19(26)12-22-4)17(11-15(3)20(27)23-5)18(25)13-29-21(28)16-9-7-6-8-10-16/h6-10,14-15,17,22H,11-13H2,1-5H3,(H,23,27)/t15-,17?/m0/s1. The van der Waals surface area contributed by atoms with Crippen molar-refractivity contribution >= 4 is 23.6 Å². The van der Waals surface area contributed by atoms with Crippen molar-refractivity contribution in [2.45, 2.75) is 39.3 Å². The molecule has 1 rings (SSSR count). The minimum Gasteiger partial charge on any atom is -0.454 e. The summed E-state index contributed by atoms with van der Waals surface area (Å²) in [5, 5.41) is 5.34. The van der Waals surface area contributed by atoms with Crippen LogP contribution in [0.4, 0.5) is 0 Å². The maximum absolute atomic E-state index is 13.0. The Morgan fingerprint density at radius 2 is 1.66 bits per heavy atom. The van der Waals surface area contributed by atoms with Crippen LogP contribution in [0, 0.1) is 5.92 Å². The normalized spacial score (nSPS) is 12.8. The van der Waals surface area contributed by atoms with E-state index in [2.05, 4.69) is 10.6 Å². The highest BCUT2D eigenvalue weighted by molar-refractivity contribution is 5.94. The summed E-state index contributed by atoms with van der Waals surface area (Å²) in [5.74, 6) is -2.03. The largest absolute Gasteiger partial charge is 0.454 e. The average Bonchev–Trinajstić information content (AvgIpc) is 2.70. The fraction of sp³-hybridized carbons (Fsp3) is 0.524. The van der Waals surface area contributed by atoms with Crippen molar-refractivity contribution in [3.8, 4) is 0 Å². The van der Waals surface area contributed by atoms with Gasteiger partial charge in [-0.3, -0.25) is 14.4 Å². The molecule has 160 valence electrons. The van der Waals surface area contributed by atoms with E-state index in [4.69, 9.17) is 4.74 Å². The van der Waals surface area contributed by atoms with E-state index < -0.39 is 30.3 Å². The smallest absolute Gasteiger partial charge is 0.338 e. The van der Waals surface area contributed by atoms with Crippen LogP contribution in [0.25, 0.3) is 0 Å². The number of rotatable bonds is 11. The molecule has 1 aromatic rings. The molecule has 0 bridgehead atoms. The lowest BCUT2D eigenvalue weighted by Gasteiger charge is -2.35. The molecule has 1 unspecified atom stereocenters. The second-order valence-corrected chi connectivity index (χ2v) is 7.10. The topological polar surface area (TPSA) is 105 Å². The fourth-order valence-corrected chi connectivity index (χ4v) is 3.04. The van der Waals surface area contributed by atoms with Crippen molar-refractivity contribution in [3.63, 3.8) is 0 Å². The second-order valence-electron chi connectivity index (χ2n) is 7.10. The first-order valence-electron chi connectivity index (χ1n) is 9.65. The number of carbonyl (C=O) groups is 4. The van der Waals surface area contributed by atoms with Crippen LogP contribution in [-0.4, -0.2) is 67.8 Å². The zero-order valence-corrected chi connectivity index (χ0v) is 17.7. The molecule has 0 aliphatic heterocycles. The van der Waals surface area contributed by atoms with Crippen LogP contribution < -0.4 is 10.6 Å². The Balaban J connectivity index is 3.01. The van der Waals surface area contributed by atoms with Gasteiger partial charge in [-0.1, -0.05) is 25.1 Å². The molecule has 0 saturated carbocycles. The van der Waals surface area contributed by atoms with Gasteiger partial charge in [0.05, 0.1) is 18.2 Å². The zero-order valence-electron chi connectivity index (χ0n) is 17.7. The highest BCUT2D eigenvalue weighted by atomic mass is 16.5. The van der Waals surface area contributed by atoms with Gasteiger partial charge in [-0.2, -0.15) is 0 Å². The number of likely N-dealkylation sites (N-methyl/N-ethyl adjacent to an activating group) is 1. The number of amides is 2. The van der Waals surface area contributed by atoms with Crippen LogP contribution in [0.3, 0.4) is 0 Å². The number of nitrogens with one attached hydrogen (secondary N) is 2. The van der Waals surface area contributed by atoms with Crippen LogP contribution in [0.5, 0.6) is 0 Å². The highest BCUT2D eigenvalue weighted by Crippen LogP contribution is 2.17. The first-order chi connectivity index (χ1) is 13.7. The predicted molar refractivity (Wildman–Crippen MR) is 109 cm³/mol. The number of ether oxygens (including phenoxy) is 1. The Kier molecular flexibility index (Phi) is 10.0. The van der Waals surface area contributed by atoms with E-state index in [0.29, 0.717) is 5.56 Å². The van der Waals surface area contributed by atoms with Gasteiger partial charge >= 0.3 is 5.97 Å². The third-order valence-corrected chi connectivity index (χ3v) is 4.51. The minimum atomic E-state index is -0.883. The van der Waals surface area contributed by atoms with Gasteiger partial charge in [-0.05, 0) is 39.4 Å². The monoisotopic (exact) mass is 405 g/mol. The van der Waals surface area contributed by atoms with Crippen molar-refractivity contribution in [1.82, 2.24) is 15.5 Å². The maximum Gasteiger partial charge on any atom is 0.338 e. The second kappa shape index (κ2) is 12.0. The number of nitrogens with zero attached hydrogens (tertiary/aromatic N) is 1. The molecule has 2 atom stereocenters. The Morgan fingerprint density at radius 1 is 1.03 bits per heavy atom. The van der Waals surface area contributed by atoms with Gasteiger partial charge in [0.15, 0.2) is 12.4 Å². The molecule has 0 saturated heterocycles. The third-order valence-electron chi connectivity index (χ3n) is 4.51. The number of benzene rings is 1. The molecule has 0 spiro atoms. The van der Waals surface area contributed by atoms with E-state index >= 15 is 0 Å². The lowest BCUT2D eigenvalue weighted by molar-refractivity contribution is -0.143. The summed E-state index contributed by atoms with van der Waals surface area (Å²) in [7, 11) is 3.16. The van der Waals surface area contributed by atoms with Gasteiger partial charge in [-0.15, -0.1) is 0 Å². The van der Waals surface area contributed by atoms with E-state index in [1.165, 1.54) is 11.9 Å². The first-order valence-corrected chi connectivity index (χ1v) is 9.65. The summed E-state index contributed by atoms with van der Waals surface area (Å²) in [4.78, 5) is 51.2. The Labute approximate surface area is 172 Å². The molecule has 29 heavy (non-hydrogen) atoms. The minimum absolute atomic E-state index is 0.0557. The number of hydrogen-bond donors (Lipinski definition) is 2. The van der Waals surface area contributed by atoms with Gasteiger partial charge in [-0.25, -0.2) is 4.79 Å². The van der Waals surface area contributed by atoms with E-state index in [-0.39, 0.29) is 30.8 Å². The lowest BCUT2D eigenvalue weighted by atomic mass is 9.95. The van der Waals surface area contributed by atoms with Crippen molar-refractivity contribution in [2.24, 2.45) is 5.92 Å². The molecule has 0 aliphatic rings. The average molecular weight is 405 g/mol. The summed E-state index contributed by atoms with van der Waals surface area (Å²) >= 11 is 0. The first kappa shape index (κ1) is 24.3. The van der Waals surface area contributed by atoms with E-state index in [0.717, 1.165) is 0 Å². The summed E-state index contributed by atoms with van der Waals surface area (Å²) in [6.45, 7) is 4.87. The maximum atomic E-state index is 13.0. The summed E-state index contributed by atoms with van der Waals surface area (Å²) < 4.78 is 5.17. The number of Topliss-reactive ketones (excluding diaryl/α,β-unsaturated/α-hetero) is 1. The fourth-order valence-electron chi connectivity index (χ4n) is 3.04. The van der Waals surface area contributed by atoms with Crippen molar-refractivity contribution in [1.29, 1.82) is 0 Å². The highest BCUT2D eigenvalue weighted by Gasteiger charge is 2.34. The van der Waals surface area contributed by atoms with Crippen molar-refractivity contribution in [3.05, 3.63) is 35.9 Å². The van der Waals surface area contributed by atoms with Crippen LogP contribution >= 0.6 is 0 Å². The van der Waals surface area contributed by atoms with Gasteiger partial charge in [0.2, 0.25) is 11.8 Å². The molecule has 2 N–H and O–H groups in total. The Bertz CT molecular complexity index is 706. The molecule has 8 nitrogen and oxygen atoms in total. The molecular formula is C21H31N3O5. The third kappa shape index (κ3) is 7.30. The van der Waals surface area contributed by atoms with Crippen LogP contribution in [0.15, 0.2) is 30.3 Å².